The van der Waals surface area contributed by atoms with Crippen LogP contribution in [0.4, 0.5) is 11.5 Å². The fraction of sp³-hybridized carbons (Fsp3) is 0.129. The Labute approximate surface area is 241 Å². The molecule has 5 aromatic rings. The first-order valence-corrected chi connectivity index (χ1v) is 13.1. The van der Waals surface area contributed by atoms with E-state index in [-0.39, 0.29) is 17.7 Å². The molecule has 0 unspecified atom stereocenters. The van der Waals surface area contributed by atoms with E-state index in [1.54, 1.807) is 31.3 Å². The van der Waals surface area contributed by atoms with Crippen LogP contribution < -0.4 is 15.8 Å². The molecule has 0 aliphatic carbocycles. The van der Waals surface area contributed by atoms with Gasteiger partial charge in [0.1, 0.15) is 17.6 Å². The van der Waals surface area contributed by atoms with Gasteiger partial charge in [-0.3, -0.25) is 4.79 Å². The summed E-state index contributed by atoms with van der Waals surface area (Å²) in [4.78, 5) is 25.0. The van der Waals surface area contributed by atoms with Crippen molar-refractivity contribution in [1.82, 2.24) is 19.5 Å². The molecule has 2 aromatic carbocycles. The fourth-order valence-electron chi connectivity index (χ4n) is 4.66. The number of hydrogen-bond acceptors (Lipinski definition) is 7. The second-order valence-electron chi connectivity index (χ2n) is 9.40. The smallest absolute Gasteiger partial charge is 0.322 e. The first kappa shape index (κ1) is 27.4. The van der Waals surface area contributed by atoms with Crippen molar-refractivity contribution in [3.63, 3.8) is 0 Å². The number of aryl methyl sites for hydroxylation is 2. The van der Waals surface area contributed by atoms with Gasteiger partial charge in [-0.1, -0.05) is 30.3 Å². The van der Waals surface area contributed by atoms with Crippen LogP contribution in [0.25, 0.3) is 33.3 Å². The van der Waals surface area contributed by atoms with E-state index in [4.69, 9.17) is 22.1 Å². The fourth-order valence-corrected chi connectivity index (χ4v) is 4.93. The van der Waals surface area contributed by atoms with Crippen molar-refractivity contribution < 1.29 is 9.53 Å². The summed E-state index contributed by atoms with van der Waals surface area (Å²) in [5.74, 6) is 0.546. The summed E-state index contributed by atoms with van der Waals surface area (Å²) in [7, 11) is 0. The number of nitrogens with zero attached hydrogens (tertiary/aromatic N) is 5. The molecule has 3 heterocycles. The van der Waals surface area contributed by atoms with E-state index in [1.807, 2.05) is 48.7 Å². The number of nitrogens with one attached hydrogen (secondary N) is 1. The highest BCUT2D eigenvalue weighted by Gasteiger charge is 2.25. The molecule has 0 bridgehead atoms. The summed E-state index contributed by atoms with van der Waals surface area (Å²) >= 11 is 6.85. The standard InChI is InChI=1S/C31H26ClN7O2/c1-5-39-27-20(15-33)16-36-29(34)26(27)25(19-6-9-22(10-7-19)41-31-35-13-12-18(4)37-31)28(39)23-11-8-21(14-24(23)32)38-30(40)17(2)3/h6-14,16H,2,5H2,1,3-4H3,(H2,34,36)(H,38,40). The number of ether oxygens (including phenoxy) is 1. The van der Waals surface area contributed by atoms with Crippen molar-refractivity contribution in [3.05, 3.63) is 89.4 Å². The number of anilines is 2. The molecule has 0 atom stereocenters. The van der Waals surface area contributed by atoms with Crippen LogP contribution in [-0.4, -0.2) is 25.4 Å². The number of aromatic nitrogens is 4. The Balaban J connectivity index is 1.70. The number of nitrogen functional groups attached to an aromatic ring is 1. The number of carbonyl (C=O) groups excluding carboxylic acids is 1. The minimum Gasteiger partial charge on any atom is -0.424 e. The predicted octanol–water partition coefficient (Wildman–Crippen LogP) is 6.90. The normalized spacial score (nSPS) is 10.8. The highest BCUT2D eigenvalue weighted by molar-refractivity contribution is 6.34. The molecule has 0 aliphatic rings. The Hall–Kier alpha value is -5.20. The van der Waals surface area contributed by atoms with E-state index in [9.17, 15) is 10.1 Å². The largest absolute Gasteiger partial charge is 0.424 e. The molecule has 0 fully saturated rings. The number of amides is 1. The number of fused-ring (bicyclic) bond motifs is 1. The molecule has 204 valence electrons. The summed E-state index contributed by atoms with van der Waals surface area (Å²) in [5, 5.41) is 13.8. The van der Waals surface area contributed by atoms with Gasteiger partial charge < -0.3 is 20.4 Å². The Morgan fingerprint density at radius 1 is 1.20 bits per heavy atom. The molecule has 0 aliphatic heterocycles. The molecule has 3 N–H and O–H groups in total. The third-order valence-corrected chi connectivity index (χ3v) is 6.85. The van der Waals surface area contributed by atoms with Crippen molar-refractivity contribution in [3.8, 4) is 40.2 Å². The zero-order valence-electron chi connectivity index (χ0n) is 22.7. The molecule has 10 heteroatoms. The van der Waals surface area contributed by atoms with Crippen LogP contribution in [0.1, 0.15) is 25.1 Å². The molecule has 0 spiro atoms. The summed E-state index contributed by atoms with van der Waals surface area (Å²) in [5.41, 5.74) is 12.3. The number of hydrogen-bond donors (Lipinski definition) is 2. The first-order chi connectivity index (χ1) is 19.7. The van der Waals surface area contributed by atoms with Crippen LogP contribution in [0.15, 0.2) is 73.1 Å². The Kier molecular flexibility index (Phi) is 7.42. The van der Waals surface area contributed by atoms with Gasteiger partial charge in [-0.2, -0.15) is 5.26 Å². The van der Waals surface area contributed by atoms with Gasteiger partial charge in [0.25, 0.3) is 5.91 Å². The second kappa shape index (κ2) is 11.1. The number of nitriles is 1. The number of halogens is 1. The van der Waals surface area contributed by atoms with Crippen LogP contribution in [0.5, 0.6) is 11.8 Å². The van der Waals surface area contributed by atoms with Gasteiger partial charge >= 0.3 is 6.01 Å². The molecular formula is C31H26ClN7O2. The lowest BCUT2D eigenvalue weighted by atomic mass is 9.97. The maximum Gasteiger partial charge on any atom is 0.322 e. The molecule has 0 radical (unpaired) electrons. The minimum atomic E-state index is -0.298. The third-order valence-electron chi connectivity index (χ3n) is 6.54. The Bertz CT molecular complexity index is 1870. The Morgan fingerprint density at radius 3 is 2.59 bits per heavy atom. The Morgan fingerprint density at radius 2 is 1.95 bits per heavy atom. The van der Waals surface area contributed by atoms with Gasteiger partial charge in [0, 0.05) is 47.0 Å². The van der Waals surface area contributed by atoms with Gasteiger partial charge in [0.05, 0.1) is 27.2 Å². The van der Waals surface area contributed by atoms with Crippen LogP contribution in [0.3, 0.4) is 0 Å². The number of benzene rings is 2. The SMILES string of the molecule is C=C(C)C(=O)Nc1ccc(-c2c(-c3ccc(Oc4nccc(C)n4)cc3)c3c(N)ncc(C#N)c3n2CC)c(Cl)c1. The van der Waals surface area contributed by atoms with E-state index in [0.29, 0.717) is 50.6 Å². The van der Waals surface area contributed by atoms with Gasteiger partial charge in [-0.25, -0.2) is 15.0 Å². The van der Waals surface area contributed by atoms with Crippen LogP contribution in [0.2, 0.25) is 5.02 Å². The summed E-state index contributed by atoms with van der Waals surface area (Å²) < 4.78 is 7.86. The zero-order chi connectivity index (χ0) is 29.3. The van der Waals surface area contributed by atoms with Crippen molar-refractivity contribution >= 4 is 39.9 Å². The van der Waals surface area contributed by atoms with E-state index in [2.05, 4.69) is 32.9 Å². The van der Waals surface area contributed by atoms with Crippen molar-refractivity contribution in [2.75, 3.05) is 11.1 Å². The van der Waals surface area contributed by atoms with Crippen LogP contribution in [0, 0.1) is 18.3 Å². The maximum absolute atomic E-state index is 12.2. The van der Waals surface area contributed by atoms with Gasteiger partial charge in [0.2, 0.25) is 0 Å². The monoisotopic (exact) mass is 563 g/mol. The summed E-state index contributed by atoms with van der Waals surface area (Å²) in [6.07, 6.45) is 3.12. The number of nitrogens with two attached hydrogens (primary N) is 1. The maximum atomic E-state index is 12.2. The number of carbonyl (C=O) groups is 1. The summed E-state index contributed by atoms with van der Waals surface area (Å²) in [6.45, 7) is 9.69. The molecule has 1 amide bonds. The lowest BCUT2D eigenvalue weighted by Crippen LogP contribution is -2.11. The molecule has 5 rings (SSSR count). The molecular weight excluding hydrogens is 538 g/mol. The van der Waals surface area contributed by atoms with Gasteiger partial charge in [-0.15, -0.1) is 0 Å². The lowest BCUT2D eigenvalue weighted by Gasteiger charge is -2.14. The van der Waals surface area contributed by atoms with Crippen molar-refractivity contribution in [2.45, 2.75) is 27.3 Å². The highest BCUT2D eigenvalue weighted by atomic mass is 35.5. The zero-order valence-corrected chi connectivity index (χ0v) is 23.5. The van der Waals surface area contributed by atoms with Crippen LogP contribution in [-0.2, 0) is 11.3 Å². The van der Waals surface area contributed by atoms with Gasteiger partial charge in [-0.05, 0) is 62.7 Å². The van der Waals surface area contributed by atoms with Crippen LogP contribution >= 0.6 is 11.6 Å². The molecule has 41 heavy (non-hydrogen) atoms. The van der Waals surface area contributed by atoms with Gasteiger partial charge in [0.15, 0.2) is 0 Å². The number of pyridine rings is 1. The topological polar surface area (TPSA) is 132 Å². The molecule has 3 aromatic heterocycles. The summed E-state index contributed by atoms with van der Waals surface area (Å²) in [6, 6.07) is 17.0. The van der Waals surface area contributed by atoms with E-state index in [0.717, 1.165) is 22.5 Å². The minimum absolute atomic E-state index is 0.249. The predicted molar refractivity (Wildman–Crippen MR) is 161 cm³/mol. The molecule has 9 nitrogen and oxygen atoms in total. The molecule has 0 saturated heterocycles. The molecule has 0 saturated carbocycles. The quantitative estimate of drug-likeness (QED) is 0.206. The van der Waals surface area contributed by atoms with Crippen molar-refractivity contribution in [1.29, 1.82) is 5.26 Å². The van der Waals surface area contributed by atoms with E-state index < -0.39 is 0 Å². The van der Waals surface area contributed by atoms with E-state index >= 15 is 0 Å². The average Bonchev–Trinajstić information content (AvgIpc) is 3.29. The highest BCUT2D eigenvalue weighted by Crippen LogP contribution is 2.46. The lowest BCUT2D eigenvalue weighted by molar-refractivity contribution is -0.112. The number of rotatable bonds is 7. The second-order valence-corrected chi connectivity index (χ2v) is 9.80. The average molecular weight is 564 g/mol. The third kappa shape index (κ3) is 5.21. The van der Waals surface area contributed by atoms with E-state index in [1.165, 1.54) is 6.20 Å². The van der Waals surface area contributed by atoms with Crippen molar-refractivity contribution in [2.24, 2.45) is 0 Å². The first-order valence-electron chi connectivity index (χ1n) is 12.8.